The summed E-state index contributed by atoms with van der Waals surface area (Å²) in [5.41, 5.74) is 1.21. The number of hydrogen-bond donors (Lipinski definition) is 1. The number of amides is 1. The fourth-order valence-corrected chi connectivity index (χ4v) is 4.05. The van der Waals surface area contributed by atoms with Crippen molar-refractivity contribution in [2.24, 2.45) is 5.92 Å². The van der Waals surface area contributed by atoms with Crippen LogP contribution in [0.3, 0.4) is 0 Å². The van der Waals surface area contributed by atoms with E-state index < -0.39 is 0 Å². The van der Waals surface area contributed by atoms with Crippen molar-refractivity contribution in [2.75, 3.05) is 63.9 Å². The van der Waals surface area contributed by atoms with Crippen molar-refractivity contribution < 1.29 is 9.53 Å². The molecule has 8 heteroatoms. The molecule has 0 atom stereocenters. The lowest BCUT2D eigenvalue weighted by atomic mass is 10.1. The first-order valence-electron chi connectivity index (χ1n) is 10.5. The monoisotopic (exact) mass is 389 g/mol. The van der Waals surface area contributed by atoms with Gasteiger partial charge in [0.2, 0.25) is 11.9 Å². The highest BCUT2D eigenvalue weighted by Gasteiger charge is 2.27. The average Bonchev–Trinajstić information content (AvgIpc) is 3.52. The maximum absolute atomic E-state index is 12.6. The molecule has 8 nitrogen and oxygen atoms in total. The smallest absolute Gasteiger partial charge is 0.255 e. The average molecular weight is 390 g/mol. The molecule has 0 spiro atoms. The summed E-state index contributed by atoms with van der Waals surface area (Å²) in [6.45, 7) is 9.34. The van der Waals surface area contributed by atoms with E-state index in [-0.39, 0.29) is 11.5 Å². The molecule has 0 unspecified atom stereocenters. The van der Waals surface area contributed by atoms with Gasteiger partial charge < -0.3 is 14.5 Å². The lowest BCUT2D eigenvalue weighted by molar-refractivity contribution is -0.132. The van der Waals surface area contributed by atoms with E-state index in [2.05, 4.69) is 14.9 Å². The third-order valence-corrected chi connectivity index (χ3v) is 6.05. The number of nitrogens with zero attached hydrogens (tertiary/aromatic N) is 4. The summed E-state index contributed by atoms with van der Waals surface area (Å²) in [6.07, 6.45) is 3.54. The maximum Gasteiger partial charge on any atom is 0.255 e. The van der Waals surface area contributed by atoms with Crippen molar-refractivity contribution in [3.8, 4) is 0 Å². The quantitative estimate of drug-likeness (QED) is 0.759. The Morgan fingerprint density at radius 1 is 1.14 bits per heavy atom. The van der Waals surface area contributed by atoms with Crippen LogP contribution in [0.2, 0.25) is 0 Å². The van der Waals surface area contributed by atoms with Gasteiger partial charge in [0.25, 0.3) is 5.56 Å². The first kappa shape index (κ1) is 19.4. The molecule has 1 aromatic rings. The molecule has 0 aromatic carbocycles. The molecule has 4 rings (SSSR count). The Kier molecular flexibility index (Phi) is 5.96. The number of piperazine rings is 1. The van der Waals surface area contributed by atoms with Crippen molar-refractivity contribution in [3.05, 3.63) is 21.6 Å². The Morgan fingerprint density at radius 2 is 1.86 bits per heavy atom. The summed E-state index contributed by atoms with van der Waals surface area (Å²) >= 11 is 0. The molecule has 2 saturated heterocycles. The highest BCUT2D eigenvalue weighted by Crippen LogP contribution is 2.29. The van der Waals surface area contributed by atoms with Gasteiger partial charge in [-0.15, -0.1) is 0 Å². The van der Waals surface area contributed by atoms with Crippen LogP contribution in [0.1, 0.15) is 30.5 Å². The van der Waals surface area contributed by atoms with Gasteiger partial charge >= 0.3 is 0 Å². The zero-order chi connectivity index (χ0) is 19.5. The lowest BCUT2D eigenvalue weighted by Gasteiger charge is -2.34. The second-order valence-corrected chi connectivity index (χ2v) is 8.18. The van der Waals surface area contributed by atoms with Crippen LogP contribution in [0.5, 0.6) is 0 Å². The van der Waals surface area contributed by atoms with Crippen molar-refractivity contribution in [1.82, 2.24) is 19.8 Å². The van der Waals surface area contributed by atoms with Gasteiger partial charge in [0.05, 0.1) is 13.2 Å². The van der Waals surface area contributed by atoms with Crippen LogP contribution in [0.4, 0.5) is 5.95 Å². The van der Waals surface area contributed by atoms with Gasteiger partial charge in [-0.25, -0.2) is 4.98 Å². The van der Waals surface area contributed by atoms with Gasteiger partial charge in [-0.1, -0.05) is 0 Å². The Labute approximate surface area is 165 Å². The molecule has 1 aliphatic carbocycles. The number of rotatable bonds is 6. The van der Waals surface area contributed by atoms with Gasteiger partial charge in [0, 0.05) is 63.5 Å². The topological polar surface area (TPSA) is 81.8 Å². The number of aryl methyl sites for hydroxylation is 1. The predicted molar refractivity (Wildman–Crippen MR) is 107 cm³/mol. The van der Waals surface area contributed by atoms with Crippen molar-refractivity contribution in [1.29, 1.82) is 0 Å². The second-order valence-electron chi connectivity index (χ2n) is 8.18. The van der Waals surface area contributed by atoms with Crippen LogP contribution in [-0.2, 0) is 16.0 Å². The van der Waals surface area contributed by atoms with Gasteiger partial charge in [-0.05, 0) is 32.1 Å². The van der Waals surface area contributed by atoms with Crippen LogP contribution < -0.4 is 10.5 Å². The highest BCUT2D eigenvalue weighted by molar-refractivity contribution is 5.76. The summed E-state index contributed by atoms with van der Waals surface area (Å²) in [5.74, 6) is 1.64. The zero-order valence-electron chi connectivity index (χ0n) is 16.8. The van der Waals surface area contributed by atoms with E-state index in [1.807, 2.05) is 16.7 Å². The molecule has 1 N–H and O–H groups in total. The normalized spacial score (nSPS) is 21.2. The minimum Gasteiger partial charge on any atom is -0.378 e. The number of aromatic amines is 1. The van der Waals surface area contributed by atoms with Crippen LogP contribution in [0, 0.1) is 12.8 Å². The van der Waals surface area contributed by atoms with E-state index in [0.29, 0.717) is 43.3 Å². The van der Waals surface area contributed by atoms with Crippen LogP contribution in [0.25, 0.3) is 0 Å². The molecule has 0 bridgehead atoms. The number of anilines is 1. The summed E-state index contributed by atoms with van der Waals surface area (Å²) in [4.78, 5) is 39.1. The third-order valence-electron chi connectivity index (χ3n) is 6.05. The maximum atomic E-state index is 12.6. The first-order valence-corrected chi connectivity index (χ1v) is 10.5. The molecule has 154 valence electrons. The van der Waals surface area contributed by atoms with E-state index in [1.54, 1.807) is 0 Å². The SMILES string of the molecule is Cc1nc(N2CCOCC2)[nH]c(=O)c1CCC(=O)N1CCN(CC2CC2)CC1. The van der Waals surface area contributed by atoms with Crippen LogP contribution in [0.15, 0.2) is 4.79 Å². The van der Waals surface area contributed by atoms with Crippen molar-refractivity contribution in [2.45, 2.75) is 32.6 Å². The number of H-pyrrole nitrogens is 1. The van der Waals surface area contributed by atoms with E-state index in [0.717, 1.165) is 45.2 Å². The van der Waals surface area contributed by atoms with Gasteiger partial charge in [-0.2, -0.15) is 0 Å². The summed E-state index contributed by atoms with van der Waals surface area (Å²) < 4.78 is 5.35. The van der Waals surface area contributed by atoms with E-state index in [9.17, 15) is 9.59 Å². The lowest BCUT2D eigenvalue weighted by Crippen LogP contribution is -2.49. The minimum absolute atomic E-state index is 0.129. The highest BCUT2D eigenvalue weighted by atomic mass is 16.5. The Morgan fingerprint density at radius 3 is 2.50 bits per heavy atom. The van der Waals surface area contributed by atoms with E-state index >= 15 is 0 Å². The molecule has 28 heavy (non-hydrogen) atoms. The first-order chi connectivity index (χ1) is 13.6. The second kappa shape index (κ2) is 8.61. The molecular weight excluding hydrogens is 358 g/mol. The standard InChI is InChI=1S/C20H31N5O3/c1-15-17(19(27)22-20(21-15)25-10-12-28-13-11-25)4-5-18(26)24-8-6-23(7-9-24)14-16-2-3-16/h16H,2-14H2,1H3,(H,21,22,27). The molecule has 3 heterocycles. The Hall–Kier alpha value is -1.93. The minimum atomic E-state index is -0.129. The van der Waals surface area contributed by atoms with Crippen LogP contribution >= 0.6 is 0 Å². The Bertz CT molecular complexity index is 747. The number of aromatic nitrogens is 2. The summed E-state index contributed by atoms with van der Waals surface area (Å²) in [5, 5.41) is 0. The van der Waals surface area contributed by atoms with Gasteiger partial charge in [0.15, 0.2) is 0 Å². The zero-order valence-corrected chi connectivity index (χ0v) is 16.8. The third kappa shape index (κ3) is 4.72. The van der Waals surface area contributed by atoms with E-state index in [1.165, 1.54) is 19.4 Å². The molecular formula is C20H31N5O3. The van der Waals surface area contributed by atoms with E-state index in [4.69, 9.17) is 4.74 Å². The Balaban J connectivity index is 1.30. The predicted octanol–water partition coefficient (Wildman–Crippen LogP) is 0.402. The molecule has 1 saturated carbocycles. The summed E-state index contributed by atoms with van der Waals surface area (Å²) in [7, 11) is 0. The molecule has 3 aliphatic rings. The number of nitrogens with one attached hydrogen (secondary N) is 1. The number of carbonyl (C=O) groups excluding carboxylic acids is 1. The molecule has 3 fully saturated rings. The number of carbonyl (C=O) groups is 1. The molecule has 1 amide bonds. The number of ether oxygens (including phenoxy) is 1. The number of hydrogen-bond acceptors (Lipinski definition) is 6. The molecule has 0 radical (unpaired) electrons. The van der Waals surface area contributed by atoms with Gasteiger partial charge in [0.1, 0.15) is 0 Å². The largest absolute Gasteiger partial charge is 0.378 e. The van der Waals surface area contributed by atoms with Crippen LogP contribution in [-0.4, -0.2) is 84.7 Å². The fraction of sp³-hybridized carbons (Fsp3) is 0.750. The van der Waals surface area contributed by atoms with Gasteiger partial charge in [-0.3, -0.25) is 19.5 Å². The molecule has 2 aliphatic heterocycles. The molecule has 1 aromatic heterocycles. The summed E-state index contributed by atoms with van der Waals surface area (Å²) in [6, 6.07) is 0. The van der Waals surface area contributed by atoms with Crippen molar-refractivity contribution in [3.63, 3.8) is 0 Å². The number of morpholine rings is 1. The van der Waals surface area contributed by atoms with Crippen molar-refractivity contribution >= 4 is 11.9 Å². The fourth-order valence-electron chi connectivity index (χ4n) is 4.05.